The van der Waals surface area contributed by atoms with Crippen molar-refractivity contribution in [2.75, 3.05) is 11.9 Å². The third kappa shape index (κ3) is 3.21. The number of rotatable bonds is 4. The topological polar surface area (TPSA) is 66.3 Å². The Bertz CT molecular complexity index is 615. The normalized spacial score (nSPS) is 10.5. The first-order valence-electron chi connectivity index (χ1n) is 5.48. The minimum absolute atomic E-state index is 0.0756. The number of aryl methyl sites for hydroxylation is 1. The zero-order valence-electron chi connectivity index (χ0n) is 10.4. The predicted molar refractivity (Wildman–Crippen MR) is 75.2 cm³/mol. The average Bonchev–Trinajstić information content (AvgIpc) is 2.74. The molecule has 0 unspecified atom stereocenters. The molecule has 2 rings (SSSR count). The Hall–Kier alpha value is -1.66. The fourth-order valence-corrected chi connectivity index (χ4v) is 2.54. The summed E-state index contributed by atoms with van der Waals surface area (Å²) in [7, 11) is 1.84. The highest BCUT2D eigenvalue weighted by molar-refractivity contribution is 7.09. The predicted octanol–water partition coefficient (Wildman–Crippen LogP) is 2.83. The quantitative estimate of drug-likeness (QED) is 0.940. The molecule has 0 aliphatic heterocycles. The number of carboxylic acids is 1. The summed E-state index contributed by atoms with van der Waals surface area (Å²) in [6.07, 6.45) is 1.30. The van der Waals surface area contributed by atoms with E-state index < -0.39 is 5.97 Å². The Balaban J connectivity index is 2.19. The van der Waals surface area contributed by atoms with Crippen LogP contribution in [-0.2, 0) is 6.54 Å². The van der Waals surface area contributed by atoms with Crippen molar-refractivity contribution in [1.29, 1.82) is 0 Å². The number of pyridine rings is 1. The van der Waals surface area contributed by atoms with Gasteiger partial charge in [-0.15, -0.1) is 11.3 Å². The molecule has 0 radical (unpaired) electrons. The highest BCUT2D eigenvalue weighted by Gasteiger charge is 2.13. The lowest BCUT2D eigenvalue weighted by molar-refractivity contribution is 0.0696. The second-order valence-electron chi connectivity index (χ2n) is 4.05. The molecule has 2 heterocycles. The van der Waals surface area contributed by atoms with Gasteiger partial charge < -0.3 is 10.0 Å². The lowest BCUT2D eigenvalue weighted by Gasteiger charge is -2.18. The standard InChI is InChI=1S/C12H12ClN3O2S/c1-7-15-9(6-19-7)5-16(2)11-10(13)3-8(4-14-11)12(17)18/h3-4,6H,5H2,1-2H3,(H,17,18). The van der Waals surface area contributed by atoms with Crippen molar-refractivity contribution < 1.29 is 9.90 Å². The number of carbonyl (C=O) groups is 1. The monoisotopic (exact) mass is 297 g/mol. The second-order valence-corrected chi connectivity index (χ2v) is 5.52. The minimum atomic E-state index is -1.04. The Labute approximate surface area is 119 Å². The lowest BCUT2D eigenvalue weighted by Crippen LogP contribution is -2.18. The van der Waals surface area contributed by atoms with Crippen LogP contribution in [0, 0.1) is 6.92 Å². The van der Waals surface area contributed by atoms with Gasteiger partial charge in [-0.2, -0.15) is 0 Å². The van der Waals surface area contributed by atoms with Crippen LogP contribution < -0.4 is 4.90 Å². The number of aromatic carboxylic acids is 1. The second kappa shape index (κ2) is 5.54. The van der Waals surface area contributed by atoms with Crippen LogP contribution in [0.15, 0.2) is 17.6 Å². The molecule has 2 aromatic heterocycles. The van der Waals surface area contributed by atoms with Crippen molar-refractivity contribution in [1.82, 2.24) is 9.97 Å². The molecular formula is C12H12ClN3O2S. The van der Waals surface area contributed by atoms with E-state index in [4.69, 9.17) is 16.7 Å². The highest BCUT2D eigenvalue weighted by Crippen LogP contribution is 2.24. The summed E-state index contributed by atoms with van der Waals surface area (Å²) in [5, 5.41) is 12.2. The van der Waals surface area contributed by atoms with E-state index in [9.17, 15) is 4.79 Å². The highest BCUT2D eigenvalue weighted by atomic mass is 35.5. The molecular weight excluding hydrogens is 286 g/mol. The first kappa shape index (κ1) is 13.8. The molecule has 5 nitrogen and oxygen atoms in total. The molecule has 0 amide bonds. The fraction of sp³-hybridized carbons (Fsp3) is 0.250. The molecule has 19 heavy (non-hydrogen) atoms. The maximum absolute atomic E-state index is 10.8. The fourth-order valence-electron chi connectivity index (χ4n) is 1.63. The number of hydrogen-bond donors (Lipinski definition) is 1. The van der Waals surface area contributed by atoms with Gasteiger partial charge in [-0.25, -0.2) is 14.8 Å². The smallest absolute Gasteiger partial charge is 0.337 e. The molecule has 7 heteroatoms. The van der Waals surface area contributed by atoms with Crippen LogP contribution in [0.4, 0.5) is 5.82 Å². The SMILES string of the molecule is Cc1nc(CN(C)c2ncc(C(=O)O)cc2Cl)cs1. The maximum atomic E-state index is 10.8. The van der Waals surface area contributed by atoms with Gasteiger partial charge in [-0.05, 0) is 13.0 Å². The first-order valence-corrected chi connectivity index (χ1v) is 6.74. The van der Waals surface area contributed by atoms with E-state index >= 15 is 0 Å². The summed E-state index contributed by atoms with van der Waals surface area (Å²) >= 11 is 7.64. The molecule has 0 spiro atoms. The van der Waals surface area contributed by atoms with Crippen LogP contribution >= 0.6 is 22.9 Å². The molecule has 0 fully saturated rings. The number of halogens is 1. The van der Waals surface area contributed by atoms with Crippen LogP contribution in [0.2, 0.25) is 5.02 Å². The van der Waals surface area contributed by atoms with Gasteiger partial charge in [0, 0.05) is 18.6 Å². The zero-order chi connectivity index (χ0) is 14.0. The van der Waals surface area contributed by atoms with Crippen LogP contribution in [0.1, 0.15) is 21.1 Å². The van der Waals surface area contributed by atoms with Gasteiger partial charge in [0.2, 0.25) is 0 Å². The first-order chi connectivity index (χ1) is 8.97. The van der Waals surface area contributed by atoms with Crippen LogP contribution in [0.25, 0.3) is 0 Å². The molecule has 0 saturated heterocycles. The molecule has 0 atom stereocenters. The van der Waals surface area contributed by atoms with Crippen molar-refractivity contribution in [3.63, 3.8) is 0 Å². The van der Waals surface area contributed by atoms with Gasteiger partial charge in [0.05, 0.1) is 27.8 Å². The Morgan fingerprint density at radius 1 is 1.58 bits per heavy atom. The minimum Gasteiger partial charge on any atom is -0.478 e. The average molecular weight is 298 g/mol. The summed E-state index contributed by atoms with van der Waals surface area (Å²) in [6.45, 7) is 2.52. The Kier molecular flexibility index (Phi) is 4.01. The van der Waals surface area contributed by atoms with E-state index in [1.165, 1.54) is 12.3 Å². The summed E-state index contributed by atoms with van der Waals surface area (Å²) < 4.78 is 0. The van der Waals surface area contributed by atoms with E-state index in [1.54, 1.807) is 11.3 Å². The number of nitrogens with zero attached hydrogens (tertiary/aromatic N) is 3. The van der Waals surface area contributed by atoms with Gasteiger partial charge in [-0.1, -0.05) is 11.6 Å². The van der Waals surface area contributed by atoms with Crippen molar-refractivity contribution in [3.8, 4) is 0 Å². The van der Waals surface area contributed by atoms with Crippen molar-refractivity contribution >= 4 is 34.7 Å². The van der Waals surface area contributed by atoms with Gasteiger partial charge in [0.15, 0.2) is 0 Å². The van der Waals surface area contributed by atoms with E-state index in [0.29, 0.717) is 17.4 Å². The molecule has 2 aromatic rings. The van der Waals surface area contributed by atoms with Crippen molar-refractivity contribution in [2.24, 2.45) is 0 Å². The summed E-state index contributed by atoms with van der Waals surface area (Å²) in [5.41, 5.74) is 1.01. The van der Waals surface area contributed by atoms with Crippen LogP contribution in [-0.4, -0.2) is 28.1 Å². The third-order valence-corrected chi connectivity index (χ3v) is 3.60. The number of thiazole rings is 1. The van der Waals surface area contributed by atoms with Crippen LogP contribution in [0.5, 0.6) is 0 Å². The van der Waals surface area contributed by atoms with Gasteiger partial charge in [0.1, 0.15) is 5.82 Å². The van der Waals surface area contributed by atoms with Gasteiger partial charge in [-0.3, -0.25) is 0 Å². The lowest BCUT2D eigenvalue weighted by atomic mass is 10.3. The van der Waals surface area contributed by atoms with Gasteiger partial charge >= 0.3 is 5.97 Å². The molecule has 1 N–H and O–H groups in total. The molecule has 100 valence electrons. The Morgan fingerprint density at radius 2 is 2.32 bits per heavy atom. The third-order valence-electron chi connectivity index (χ3n) is 2.50. The molecule has 0 saturated carbocycles. The largest absolute Gasteiger partial charge is 0.478 e. The van der Waals surface area contributed by atoms with Gasteiger partial charge in [0.25, 0.3) is 0 Å². The van der Waals surface area contributed by atoms with E-state index in [-0.39, 0.29) is 5.56 Å². The maximum Gasteiger partial charge on any atom is 0.337 e. The summed E-state index contributed by atoms with van der Waals surface area (Å²) in [6, 6.07) is 1.40. The van der Waals surface area contributed by atoms with Crippen LogP contribution in [0.3, 0.4) is 0 Å². The zero-order valence-corrected chi connectivity index (χ0v) is 12.0. The summed E-state index contributed by atoms with van der Waals surface area (Å²) in [4.78, 5) is 21.1. The van der Waals surface area contributed by atoms with Crippen molar-refractivity contribution in [2.45, 2.75) is 13.5 Å². The number of hydrogen-bond acceptors (Lipinski definition) is 5. The summed E-state index contributed by atoms with van der Waals surface area (Å²) in [5.74, 6) is -0.504. The number of carboxylic acid groups (broad SMARTS) is 1. The molecule has 0 aliphatic carbocycles. The van der Waals surface area contributed by atoms with E-state index in [0.717, 1.165) is 10.7 Å². The molecule has 0 bridgehead atoms. The Morgan fingerprint density at radius 3 is 2.84 bits per heavy atom. The number of anilines is 1. The van der Waals surface area contributed by atoms with E-state index in [1.807, 2.05) is 24.3 Å². The molecule has 0 aromatic carbocycles. The van der Waals surface area contributed by atoms with Crippen molar-refractivity contribution in [3.05, 3.63) is 38.9 Å². The molecule has 0 aliphatic rings. The number of aromatic nitrogens is 2. The van der Waals surface area contributed by atoms with E-state index in [2.05, 4.69) is 9.97 Å².